The van der Waals surface area contributed by atoms with Gasteiger partial charge >= 0.3 is 0 Å². The van der Waals surface area contributed by atoms with Crippen molar-refractivity contribution in [1.82, 2.24) is 10.3 Å². The van der Waals surface area contributed by atoms with Crippen molar-refractivity contribution >= 4 is 16.8 Å². The van der Waals surface area contributed by atoms with Crippen molar-refractivity contribution in [3.05, 3.63) is 59.8 Å². The van der Waals surface area contributed by atoms with Crippen LogP contribution in [-0.2, 0) is 4.79 Å². The summed E-state index contributed by atoms with van der Waals surface area (Å²) >= 11 is 0. The van der Waals surface area contributed by atoms with Gasteiger partial charge in [-0.2, -0.15) is 0 Å². The topological polar surface area (TPSA) is 63.3 Å². The molecule has 1 heterocycles. The molecule has 168 valence electrons. The number of nitrogens with one attached hydrogen (secondary N) is 2. The molecule has 2 aliphatic rings. The molecule has 2 aliphatic carbocycles. The predicted molar refractivity (Wildman–Crippen MR) is 126 cm³/mol. The summed E-state index contributed by atoms with van der Waals surface area (Å²) in [7, 11) is 3.32. The van der Waals surface area contributed by atoms with Crippen LogP contribution >= 0.6 is 0 Å². The molecule has 1 amide bonds. The average Bonchev–Trinajstić information content (AvgIpc) is 3.55. The molecular weight excluding hydrogens is 400 g/mol. The zero-order valence-electron chi connectivity index (χ0n) is 18.9. The number of ether oxygens (including phenoxy) is 2. The molecule has 32 heavy (non-hydrogen) atoms. The van der Waals surface area contributed by atoms with E-state index in [0.29, 0.717) is 30.4 Å². The molecule has 5 rings (SSSR count). The minimum atomic E-state index is -0.0554. The highest BCUT2D eigenvalue weighted by molar-refractivity contribution is 5.84. The average molecular weight is 433 g/mol. The number of benzene rings is 2. The molecule has 4 unspecified atom stereocenters. The summed E-state index contributed by atoms with van der Waals surface area (Å²) in [6.45, 7) is 0.519. The van der Waals surface area contributed by atoms with Gasteiger partial charge in [-0.25, -0.2) is 0 Å². The summed E-state index contributed by atoms with van der Waals surface area (Å²) in [5.41, 5.74) is 3.24. The van der Waals surface area contributed by atoms with Gasteiger partial charge in [0, 0.05) is 41.5 Å². The number of hydrogen-bond donors (Lipinski definition) is 2. The number of fused-ring (bicyclic) bond motifs is 3. The molecule has 2 aromatic carbocycles. The van der Waals surface area contributed by atoms with Crippen LogP contribution in [0.2, 0.25) is 0 Å². The second-order valence-electron chi connectivity index (χ2n) is 9.37. The van der Waals surface area contributed by atoms with E-state index >= 15 is 0 Å². The second-order valence-corrected chi connectivity index (χ2v) is 9.37. The third-order valence-corrected chi connectivity index (χ3v) is 7.64. The smallest absolute Gasteiger partial charge is 0.220 e. The van der Waals surface area contributed by atoms with E-state index in [1.807, 2.05) is 24.3 Å². The van der Waals surface area contributed by atoms with Gasteiger partial charge in [0.05, 0.1) is 14.2 Å². The molecule has 2 fully saturated rings. The number of H-pyrrole nitrogens is 1. The number of aromatic amines is 1. The highest BCUT2D eigenvalue weighted by Crippen LogP contribution is 2.49. The predicted octanol–water partition coefficient (Wildman–Crippen LogP) is 5.26. The summed E-state index contributed by atoms with van der Waals surface area (Å²) in [5, 5.41) is 4.42. The van der Waals surface area contributed by atoms with Gasteiger partial charge in [-0.15, -0.1) is 0 Å². The van der Waals surface area contributed by atoms with Crippen molar-refractivity contribution in [3.8, 4) is 11.5 Å². The molecule has 0 radical (unpaired) electrons. The first-order chi connectivity index (χ1) is 15.7. The number of methoxy groups -OCH3 is 2. The van der Waals surface area contributed by atoms with Gasteiger partial charge in [0.25, 0.3) is 0 Å². The van der Waals surface area contributed by atoms with Gasteiger partial charge in [-0.05, 0) is 54.7 Å². The Morgan fingerprint density at radius 1 is 1.06 bits per heavy atom. The Bertz CT molecular complexity index is 1110. The third-order valence-electron chi connectivity index (χ3n) is 7.64. The van der Waals surface area contributed by atoms with Crippen molar-refractivity contribution in [2.75, 3.05) is 20.8 Å². The fraction of sp³-hybridized carbons (Fsp3) is 0.444. The number of carbonyl (C=O) groups excluding carboxylic acids is 1. The lowest BCUT2D eigenvalue weighted by Gasteiger charge is -2.24. The number of amides is 1. The first-order valence-electron chi connectivity index (χ1n) is 11.7. The van der Waals surface area contributed by atoms with Gasteiger partial charge in [0.2, 0.25) is 5.91 Å². The van der Waals surface area contributed by atoms with Crippen molar-refractivity contribution < 1.29 is 14.3 Å². The lowest BCUT2D eigenvalue weighted by molar-refractivity contribution is -0.122. The third kappa shape index (κ3) is 3.85. The Balaban J connectivity index is 1.42. The molecule has 5 heteroatoms. The molecule has 0 spiro atoms. The van der Waals surface area contributed by atoms with E-state index in [1.54, 1.807) is 14.2 Å². The summed E-state index contributed by atoms with van der Waals surface area (Å²) in [4.78, 5) is 16.3. The summed E-state index contributed by atoms with van der Waals surface area (Å²) in [6.07, 6.45) is 7.93. The molecule has 4 atom stereocenters. The summed E-state index contributed by atoms with van der Waals surface area (Å²) in [5.74, 6) is 3.70. The van der Waals surface area contributed by atoms with Gasteiger partial charge in [-0.3, -0.25) is 4.79 Å². The van der Waals surface area contributed by atoms with E-state index in [4.69, 9.17) is 9.47 Å². The van der Waals surface area contributed by atoms with Crippen molar-refractivity contribution in [2.24, 2.45) is 17.8 Å². The molecule has 3 aromatic rings. The van der Waals surface area contributed by atoms with Crippen LogP contribution in [0.1, 0.15) is 49.1 Å². The number of hydrogen-bond acceptors (Lipinski definition) is 3. The minimum absolute atomic E-state index is 0.0554. The maximum Gasteiger partial charge on any atom is 0.220 e. The van der Waals surface area contributed by atoms with Crippen LogP contribution in [0.4, 0.5) is 0 Å². The van der Waals surface area contributed by atoms with Gasteiger partial charge in [0.15, 0.2) is 11.5 Å². The second kappa shape index (κ2) is 8.89. The van der Waals surface area contributed by atoms with Gasteiger partial charge in [-0.1, -0.05) is 36.8 Å². The Morgan fingerprint density at radius 3 is 2.69 bits per heavy atom. The van der Waals surface area contributed by atoms with Crippen LogP contribution in [-0.4, -0.2) is 31.7 Å². The van der Waals surface area contributed by atoms with Crippen LogP contribution in [0.5, 0.6) is 11.5 Å². The quantitative estimate of drug-likeness (QED) is 0.510. The number of rotatable bonds is 8. The fourth-order valence-corrected chi connectivity index (χ4v) is 6.11. The maximum atomic E-state index is 12.9. The molecule has 5 nitrogen and oxygen atoms in total. The van der Waals surface area contributed by atoms with Gasteiger partial charge in [0.1, 0.15) is 0 Å². The highest BCUT2D eigenvalue weighted by atomic mass is 16.5. The fourth-order valence-electron chi connectivity index (χ4n) is 6.11. The van der Waals surface area contributed by atoms with E-state index in [-0.39, 0.29) is 11.8 Å². The zero-order valence-corrected chi connectivity index (χ0v) is 18.9. The maximum absolute atomic E-state index is 12.9. The molecule has 2 bridgehead atoms. The largest absolute Gasteiger partial charge is 0.493 e. The molecular formula is C27H32N2O3. The monoisotopic (exact) mass is 432 g/mol. The summed E-state index contributed by atoms with van der Waals surface area (Å²) < 4.78 is 11.3. The van der Waals surface area contributed by atoms with E-state index in [2.05, 4.69) is 34.7 Å². The SMILES string of the molecule is COc1cccc(C(CNC(=O)CC2CC3CCC2C3)c2c[nH]c3ccccc23)c1OC. The highest BCUT2D eigenvalue weighted by Gasteiger charge is 2.40. The number of carbonyl (C=O) groups is 1. The van der Waals surface area contributed by atoms with Gasteiger partial charge < -0.3 is 19.8 Å². The lowest BCUT2D eigenvalue weighted by Crippen LogP contribution is -2.31. The molecule has 2 saturated carbocycles. The standard InChI is InChI=1S/C27H32N2O3/c1-31-25-9-5-7-21(27(25)32-2)23(22-15-28-24-8-4-3-6-20(22)24)16-29-26(30)14-19-13-17-10-11-18(19)12-17/h3-9,15,17-19,23,28H,10-14,16H2,1-2H3,(H,29,30). The summed E-state index contributed by atoms with van der Waals surface area (Å²) in [6, 6.07) is 14.2. The normalized spacial score (nSPS) is 22.8. The van der Waals surface area contributed by atoms with Crippen LogP contribution in [0, 0.1) is 17.8 Å². The van der Waals surface area contributed by atoms with E-state index in [0.717, 1.165) is 33.9 Å². The van der Waals surface area contributed by atoms with Crippen LogP contribution < -0.4 is 14.8 Å². The van der Waals surface area contributed by atoms with Crippen molar-refractivity contribution in [2.45, 2.75) is 38.0 Å². The number of aromatic nitrogens is 1. The molecule has 2 N–H and O–H groups in total. The Labute approximate surface area is 189 Å². The van der Waals surface area contributed by atoms with E-state index in [1.165, 1.54) is 25.7 Å². The van der Waals surface area contributed by atoms with E-state index < -0.39 is 0 Å². The molecule has 0 aliphatic heterocycles. The Kier molecular flexibility index (Phi) is 5.81. The molecule has 1 aromatic heterocycles. The van der Waals surface area contributed by atoms with Crippen molar-refractivity contribution in [1.29, 1.82) is 0 Å². The number of para-hydroxylation sites is 2. The Hall–Kier alpha value is -2.95. The van der Waals surface area contributed by atoms with E-state index in [9.17, 15) is 4.79 Å². The lowest BCUT2D eigenvalue weighted by atomic mass is 9.86. The minimum Gasteiger partial charge on any atom is -0.493 e. The first-order valence-corrected chi connectivity index (χ1v) is 11.7. The molecule has 0 saturated heterocycles. The Morgan fingerprint density at radius 2 is 1.94 bits per heavy atom. The first kappa shape index (κ1) is 20.9. The zero-order chi connectivity index (χ0) is 22.1. The van der Waals surface area contributed by atoms with Crippen LogP contribution in [0.25, 0.3) is 10.9 Å². The van der Waals surface area contributed by atoms with Crippen molar-refractivity contribution in [3.63, 3.8) is 0 Å². The van der Waals surface area contributed by atoms with Crippen LogP contribution in [0.3, 0.4) is 0 Å². The van der Waals surface area contributed by atoms with Crippen LogP contribution in [0.15, 0.2) is 48.7 Å².